The molecule has 0 saturated carbocycles. The molecular formula is C18H23N5O2. The van der Waals surface area contributed by atoms with Crippen molar-refractivity contribution in [2.45, 2.75) is 6.92 Å². The van der Waals surface area contributed by atoms with Crippen molar-refractivity contribution in [2.75, 3.05) is 49.6 Å². The van der Waals surface area contributed by atoms with Gasteiger partial charge in [-0.15, -0.1) is 5.10 Å². The van der Waals surface area contributed by atoms with E-state index in [-0.39, 0.29) is 5.91 Å². The molecule has 1 fully saturated rings. The van der Waals surface area contributed by atoms with Crippen molar-refractivity contribution < 1.29 is 9.53 Å². The molecule has 0 spiro atoms. The van der Waals surface area contributed by atoms with Crippen LogP contribution in [0.15, 0.2) is 36.5 Å². The predicted octanol–water partition coefficient (Wildman–Crippen LogP) is 1.46. The van der Waals surface area contributed by atoms with Crippen LogP contribution in [0.3, 0.4) is 0 Å². The molecule has 1 aliphatic rings. The molecule has 1 amide bonds. The Labute approximate surface area is 147 Å². The van der Waals surface area contributed by atoms with Crippen molar-refractivity contribution >= 4 is 17.4 Å². The summed E-state index contributed by atoms with van der Waals surface area (Å²) in [5, 5.41) is 14.2. The number of amides is 1. The molecule has 25 heavy (non-hydrogen) atoms. The molecule has 1 aromatic carbocycles. The van der Waals surface area contributed by atoms with Crippen LogP contribution < -0.4 is 15.5 Å². The molecule has 0 atom stereocenters. The van der Waals surface area contributed by atoms with Crippen LogP contribution in [0, 0.1) is 6.92 Å². The molecule has 0 unspecified atom stereocenters. The van der Waals surface area contributed by atoms with Crippen molar-refractivity contribution in [1.82, 2.24) is 15.5 Å². The lowest BCUT2D eigenvalue weighted by Crippen LogP contribution is -2.36. The van der Waals surface area contributed by atoms with Gasteiger partial charge in [0, 0.05) is 37.8 Å². The van der Waals surface area contributed by atoms with E-state index in [2.05, 4.69) is 25.7 Å². The molecule has 0 radical (unpaired) electrons. The van der Waals surface area contributed by atoms with Gasteiger partial charge < -0.3 is 20.3 Å². The Morgan fingerprint density at radius 1 is 1.20 bits per heavy atom. The number of nitrogens with one attached hydrogen (secondary N) is 2. The lowest BCUT2D eigenvalue weighted by Gasteiger charge is -2.28. The zero-order valence-electron chi connectivity index (χ0n) is 14.4. The number of ether oxygens (including phenoxy) is 1. The van der Waals surface area contributed by atoms with Crippen molar-refractivity contribution in [2.24, 2.45) is 0 Å². The molecule has 132 valence electrons. The van der Waals surface area contributed by atoms with Gasteiger partial charge in [-0.25, -0.2) is 0 Å². The summed E-state index contributed by atoms with van der Waals surface area (Å²) in [5.41, 5.74) is 2.83. The van der Waals surface area contributed by atoms with E-state index >= 15 is 0 Å². The summed E-state index contributed by atoms with van der Waals surface area (Å²) >= 11 is 0. The molecule has 0 bridgehead atoms. The van der Waals surface area contributed by atoms with Crippen LogP contribution in [-0.4, -0.2) is 55.5 Å². The second-order valence-corrected chi connectivity index (χ2v) is 5.95. The smallest absolute Gasteiger partial charge is 0.251 e. The molecule has 2 aromatic rings. The number of nitrogens with zero attached hydrogens (tertiary/aromatic N) is 3. The van der Waals surface area contributed by atoms with Crippen molar-refractivity contribution in [1.29, 1.82) is 0 Å². The van der Waals surface area contributed by atoms with Crippen LogP contribution in [0.25, 0.3) is 0 Å². The fourth-order valence-corrected chi connectivity index (χ4v) is 2.61. The van der Waals surface area contributed by atoms with Gasteiger partial charge in [-0.1, -0.05) is 17.7 Å². The molecule has 2 heterocycles. The lowest BCUT2D eigenvalue weighted by atomic mass is 10.1. The summed E-state index contributed by atoms with van der Waals surface area (Å²) in [7, 11) is 0. The van der Waals surface area contributed by atoms with Gasteiger partial charge in [-0.3, -0.25) is 4.79 Å². The van der Waals surface area contributed by atoms with Gasteiger partial charge in [0.1, 0.15) is 0 Å². The quantitative estimate of drug-likeness (QED) is 0.775. The molecule has 2 N–H and O–H groups in total. The van der Waals surface area contributed by atoms with Gasteiger partial charge in [0.15, 0.2) is 5.82 Å². The van der Waals surface area contributed by atoms with E-state index in [4.69, 9.17) is 4.74 Å². The molecule has 1 aromatic heterocycles. The largest absolute Gasteiger partial charge is 0.378 e. The van der Waals surface area contributed by atoms with E-state index in [1.807, 2.05) is 37.3 Å². The first-order chi connectivity index (χ1) is 12.2. The first-order valence-corrected chi connectivity index (χ1v) is 8.46. The second kappa shape index (κ2) is 8.43. The number of carbonyl (C=O) groups is 1. The Kier molecular flexibility index (Phi) is 5.79. The molecule has 7 nitrogen and oxygen atoms in total. The maximum Gasteiger partial charge on any atom is 0.251 e. The number of rotatable bonds is 6. The van der Waals surface area contributed by atoms with Crippen molar-refractivity contribution in [3.05, 3.63) is 47.7 Å². The standard InChI is InChI=1S/C18H23N5O2/c1-14-2-4-15(5-3-14)18(24)20-7-6-19-17-12-16(13-21-22-17)23-8-10-25-11-9-23/h2-5,12-13H,6-11H2,1H3,(H,19,22)(H,20,24). The van der Waals surface area contributed by atoms with Gasteiger partial charge in [-0.2, -0.15) is 5.10 Å². The van der Waals surface area contributed by atoms with E-state index in [0.717, 1.165) is 37.6 Å². The van der Waals surface area contributed by atoms with Crippen LogP contribution in [0.2, 0.25) is 0 Å². The van der Waals surface area contributed by atoms with Gasteiger partial charge in [0.25, 0.3) is 5.91 Å². The summed E-state index contributed by atoms with van der Waals surface area (Å²) in [5.74, 6) is 0.628. The van der Waals surface area contributed by atoms with Crippen LogP contribution in [0.1, 0.15) is 15.9 Å². The number of anilines is 2. The minimum absolute atomic E-state index is 0.0741. The molecule has 1 saturated heterocycles. The Bertz CT molecular complexity index is 699. The summed E-state index contributed by atoms with van der Waals surface area (Å²) < 4.78 is 5.36. The number of aromatic nitrogens is 2. The van der Waals surface area contributed by atoms with Gasteiger partial charge >= 0.3 is 0 Å². The zero-order chi connectivity index (χ0) is 17.5. The maximum absolute atomic E-state index is 12.0. The number of hydrogen-bond donors (Lipinski definition) is 2. The van der Waals surface area contributed by atoms with Gasteiger partial charge in [-0.05, 0) is 19.1 Å². The molecular weight excluding hydrogens is 318 g/mol. The molecule has 3 rings (SSSR count). The van der Waals surface area contributed by atoms with Crippen LogP contribution in [0.5, 0.6) is 0 Å². The van der Waals surface area contributed by atoms with Crippen LogP contribution in [0.4, 0.5) is 11.5 Å². The Balaban J connectivity index is 1.45. The number of hydrogen-bond acceptors (Lipinski definition) is 6. The Morgan fingerprint density at radius 2 is 1.96 bits per heavy atom. The highest BCUT2D eigenvalue weighted by molar-refractivity contribution is 5.94. The highest BCUT2D eigenvalue weighted by Gasteiger charge is 2.12. The average molecular weight is 341 g/mol. The van der Waals surface area contributed by atoms with E-state index in [1.54, 1.807) is 6.20 Å². The summed E-state index contributed by atoms with van der Waals surface area (Å²) in [4.78, 5) is 14.3. The topological polar surface area (TPSA) is 79.4 Å². The molecule has 1 aliphatic heterocycles. The predicted molar refractivity (Wildman–Crippen MR) is 97.1 cm³/mol. The summed E-state index contributed by atoms with van der Waals surface area (Å²) in [6, 6.07) is 9.49. The fraction of sp³-hybridized carbons (Fsp3) is 0.389. The zero-order valence-corrected chi connectivity index (χ0v) is 14.4. The highest BCUT2D eigenvalue weighted by Crippen LogP contribution is 2.16. The number of carbonyl (C=O) groups excluding carboxylic acids is 1. The highest BCUT2D eigenvalue weighted by atomic mass is 16.5. The SMILES string of the molecule is Cc1ccc(C(=O)NCCNc2cc(N3CCOCC3)cnn2)cc1. The second-order valence-electron chi connectivity index (χ2n) is 5.95. The third-order valence-electron chi connectivity index (χ3n) is 4.05. The number of aryl methyl sites for hydroxylation is 1. The third-order valence-corrected chi connectivity index (χ3v) is 4.05. The molecule has 7 heteroatoms. The molecule has 0 aliphatic carbocycles. The monoisotopic (exact) mass is 341 g/mol. The summed E-state index contributed by atoms with van der Waals surface area (Å²) in [6.07, 6.45) is 1.76. The van der Waals surface area contributed by atoms with Gasteiger partial charge in [0.2, 0.25) is 0 Å². The van der Waals surface area contributed by atoms with E-state index in [0.29, 0.717) is 24.5 Å². The first kappa shape index (κ1) is 17.2. The van der Waals surface area contributed by atoms with Gasteiger partial charge in [0.05, 0.1) is 25.1 Å². The minimum atomic E-state index is -0.0741. The number of benzene rings is 1. The van der Waals surface area contributed by atoms with E-state index in [9.17, 15) is 4.79 Å². The Morgan fingerprint density at radius 3 is 2.72 bits per heavy atom. The normalized spacial score (nSPS) is 14.2. The summed E-state index contributed by atoms with van der Waals surface area (Å²) in [6.45, 7) is 6.27. The average Bonchev–Trinajstić information content (AvgIpc) is 2.66. The van der Waals surface area contributed by atoms with E-state index < -0.39 is 0 Å². The van der Waals surface area contributed by atoms with E-state index in [1.165, 1.54) is 0 Å². The lowest BCUT2D eigenvalue weighted by molar-refractivity contribution is 0.0955. The first-order valence-electron chi connectivity index (χ1n) is 8.46. The minimum Gasteiger partial charge on any atom is -0.378 e. The van der Waals surface area contributed by atoms with Crippen LogP contribution in [-0.2, 0) is 4.74 Å². The van der Waals surface area contributed by atoms with Crippen molar-refractivity contribution in [3.8, 4) is 0 Å². The fourth-order valence-electron chi connectivity index (χ4n) is 2.61. The Hall–Kier alpha value is -2.67. The maximum atomic E-state index is 12.0. The third kappa shape index (κ3) is 4.90. The number of morpholine rings is 1. The van der Waals surface area contributed by atoms with Crippen LogP contribution >= 0.6 is 0 Å². The van der Waals surface area contributed by atoms with Crippen molar-refractivity contribution in [3.63, 3.8) is 0 Å².